The van der Waals surface area contributed by atoms with Gasteiger partial charge in [-0.1, -0.05) is 30.3 Å². The third-order valence-corrected chi connectivity index (χ3v) is 3.63. The fourth-order valence-corrected chi connectivity index (χ4v) is 2.42. The molecule has 0 saturated heterocycles. The zero-order valence-electron chi connectivity index (χ0n) is 12.4. The molecule has 4 nitrogen and oxygen atoms in total. The van der Waals surface area contributed by atoms with E-state index in [1.807, 2.05) is 42.7 Å². The number of amidine groups is 1. The highest BCUT2D eigenvalue weighted by Gasteiger charge is 2.17. The Morgan fingerprint density at radius 2 is 1.86 bits per heavy atom. The van der Waals surface area contributed by atoms with Crippen LogP contribution in [0.25, 0.3) is 0 Å². The number of benzene rings is 1. The topological polar surface area (TPSA) is 66.0 Å². The van der Waals surface area contributed by atoms with Gasteiger partial charge in [-0.25, -0.2) is 0 Å². The molecule has 21 heavy (non-hydrogen) atoms. The lowest BCUT2D eigenvalue weighted by molar-refractivity contribution is 0.253. The summed E-state index contributed by atoms with van der Waals surface area (Å²) in [6.07, 6.45) is 5.15. The Bertz CT molecular complexity index is 554. The van der Waals surface area contributed by atoms with Crippen molar-refractivity contribution < 1.29 is 0 Å². The Labute approximate surface area is 126 Å². The Hall–Kier alpha value is -2.20. The molecule has 110 valence electrons. The number of nitrogens with zero attached hydrogens (tertiary/aromatic N) is 2. The zero-order valence-corrected chi connectivity index (χ0v) is 12.4. The van der Waals surface area contributed by atoms with Crippen LogP contribution in [0.2, 0.25) is 0 Å². The van der Waals surface area contributed by atoms with Gasteiger partial charge in [0.1, 0.15) is 0 Å². The van der Waals surface area contributed by atoms with Crippen LogP contribution in [0.15, 0.2) is 54.9 Å². The van der Waals surface area contributed by atoms with Crippen molar-refractivity contribution in [2.75, 3.05) is 13.6 Å². The molecular formula is C17H22N4. The van der Waals surface area contributed by atoms with Crippen molar-refractivity contribution in [1.29, 1.82) is 5.41 Å². The summed E-state index contributed by atoms with van der Waals surface area (Å²) in [6, 6.07) is 14.5. The maximum Gasteiger partial charge on any atom is 0.0924 e. The molecule has 0 aliphatic heterocycles. The monoisotopic (exact) mass is 282 g/mol. The van der Waals surface area contributed by atoms with Crippen molar-refractivity contribution in [3.05, 3.63) is 66.0 Å². The number of aromatic nitrogens is 1. The Kier molecular flexibility index (Phi) is 5.46. The highest BCUT2D eigenvalue weighted by Crippen LogP contribution is 2.22. The van der Waals surface area contributed by atoms with Crippen LogP contribution in [0.5, 0.6) is 0 Å². The molecule has 4 heteroatoms. The molecular weight excluding hydrogens is 260 g/mol. The van der Waals surface area contributed by atoms with Gasteiger partial charge in [0.2, 0.25) is 0 Å². The van der Waals surface area contributed by atoms with Crippen LogP contribution in [-0.4, -0.2) is 29.3 Å². The maximum atomic E-state index is 7.61. The van der Waals surface area contributed by atoms with E-state index in [1.165, 1.54) is 11.1 Å². The molecule has 3 N–H and O–H groups in total. The quantitative estimate of drug-likeness (QED) is 0.606. The predicted molar refractivity (Wildman–Crippen MR) is 86.3 cm³/mol. The number of rotatable bonds is 7. The van der Waals surface area contributed by atoms with Gasteiger partial charge in [-0.2, -0.15) is 0 Å². The smallest absolute Gasteiger partial charge is 0.0924 e. The van der Waals surface area contributed by atoms with E-state index in [0.29, 0.717) is 6.42 Å². The number of likely N-dealkylation sites (N-methyl/N-ethyl adjacent to an activating group) is 1. The third kappa shape index (κ3) is 4.68. The van der Waals surface area contributed by atoms with E-state index < -0.39 is 0 Å². The Morgan fingerprint density at radius 1 is 1.19 bits per heavy atom. The first-order valence-corrected chi connectivity index (χ1v) is 7.14. The summed E-state index contributed by atoms with van der Waals surface area (Å²) in [4.78, 5) is 6.30. The van der Waals surface area contributed by atoms with E-state index in [-0.39, 0.29) is 11.9 Å². The number of hydrogen-bond donors (Lipinski definition) is 2. The van der Waals surface area contributed by atoms with E-state index in [0.717, 1.165) is 13.0 Å². The molecule has 0 saturated carbocycles. The summed E-state index contributed by atoms with van der Waals surface area (Å²) < 4.78 is 0. The van der Waals surface area contributed by atoms with Crippen LogP contribution in [0.4, 0.5) is 0 Å². The van der Waals surface area contributed by atoms with Crippen molar-refractivity contribution in [2.45, 2.75) is 18.9 Å². The first-order chi connectivity index (χ1) is 10.2. The molecule has 0 bridgehead atoms. The van der Waals surface area contributed by atoms with Crippen LogP contribution in [0, 0.1) is 5.41 Å². The molecule has 1 aromatic carbocycles. The minimum atomic E-state index is 0.144. The van der Waals surface area contributed by atoms with Crippen LogP contribution in [0.3, 0.4) is 0 Å². The van der Waals surface area contributed by atoms with Gasteiger partial charge in [-0.3, -0.25) is 15.3 Å². The molecule has 0 amide bonds. The summed E-state index contributed by atoms with van der Waals surface area (Å²) >= 11 is 0. The highest BCUT2D eigenvalue weighted by molar-refractivity contribution is 5.77. The molecule has 0 aliphatic carbocycles. The number of nitrogens with two attached hydrogens (primary N) is 1. The second-order valence-electron chi connectivity index (χ2n) is 5.24. The van der Waals surface area contributed by atoms with Gasteiger partial charge in [-0.15, -0.1) is 0 Å². The lowest BCUT2D eigenvalue weighted by Crippen LogP contribution is -2.30. The predicted octanol–water partition coefficient (Wildman–Crippen LogP) is 2.62. The molecule has 0 fully saturated rings. The van der Waals surface area contributed by atoms with Crippen LogP contribution in [-0.2, 0) is 6.42 Å². The minimum absolute atomic E-state index is 0.144. The van der Waals surface area contributed by atoms with Crippen LogP contribution < -0.4 is 5.73 Å². The average Bonchev–Trinajstić information content (AvgIpc) is 2.52. The second kappa shape index (κ2) is 7.55. The fraction of sp³-hybridized carbons (Fsp3) is 0.294. The van der Waals surface area contributed by atoms with Crippen molar-refractivity contribution in [3.63, 3.8) is 0 Å². The Balaban J connectivity index is 2.04. The Morgan fingerprint density at radius 3 is 2.48 bits per heavy atom. The summed E-state index contributed by atoms with van der Waals surface area (Å²) in [5.74, 6) is 0.222. The zero-order chi connectivity index (χ0) is 15.1. The molecule has 0 spiro atoms. The lowest BCUT2D eigenvalue weighted by atomic mass is 10.0. The molecule has 2 aromatic rings. The van der Waals surface area contributed by atoms with Crippen LogP contribution >= 0.6 is 0 Å². The normalized spacial score (nSPS) is 12.3. The molecule has 0 aliphatic rings. The number of hydrogen-bond acceptors (Lipinski definition) is 3. The number of pyridine rings is 1. The van der Waals surface area contributed by atoms with E-state index in [9.17, 15) is 0 Å². The van der Waals surface area contributed by atoms with Gasteiger partial charge in [0, 0.05) is 31.4 Å². The van der Waals surface area contributed by atoms with E-state index in [1.54, 1.807) is 0 Å². The van der Waals surface area contributed by atoms with Gasteiger partial charge in [-0.05, 0) is 36.7 Å². The molecule has 2 rings (SSSR count). The fourth-order valence-electron chi connectivity index (χ4n) is 2.42. The second-order valence-corrected chi connectivity index (χ2v) is 5.24. The molecule has 1 atom stereocenters. The largest absolute Gasteiger partial charge is 0.388 e. The number of nitrogens with one attached hydrogen (secondary N) is 1. The SMILES string of the molecule is CN(CCc1ccncc1)C(CC(=N)N)c1ccccc1. The summed E-state index contributed by atoms with van der Waals surface area (Å²) in [5, 5.41) is 7.61. The van der Waals surface area contributed by atoms with Gasteiger partial charge < -0.3 is 5.73 Å². The summed E-state index contributed by atoms with van der Waals surface area (Å²) in [5.41, 5.74) is 8.09. The average molecular weight is 282 g/mol. The van der Waals surface area contributed by atoms with E-state index >= 15 is 0 Å². The van der Waals surface area contributed by atoms with E-state index in [4.69, 9.17) is 11.1 Å². The van der Waals surface area contributed by atoms with Crippen molar-refractivity contribution in [1.82, 2.24) is 9.88 Å². The summed E-state index contributed by atoms with van der Waals surface area (Å²) in [6.45, 7) is 0.914. The lowest BCUT2D eigenvalue weighted by Gasteiger charge is -2.28. The van der Waals surface area contributed by atoms with Crippen LogP contribution in [0.1, 0.15) is 23.6 Å². The first-order valence-electron chi connectivity index (χ1n) is 7.14. The standard InChI is InChI=1S/C17H22N4/c1-21(12-9-14-7-10-20-11-8-14)16(13-17(18)19)15-5-3-2-4-6-15/h2-8,10-11,16H,9,12-13H2,1H3,(H3,18,19). The highest BCUT2D eigenvalue weighted by atomic mass is 15.1. The van der Waals surface area contributed by atoms with Gasteiger partial charge in [0.05, 0.1) is 5.84 Å². The molecule has 1 heterocycles. The summed E-state index contributed by atoms with van der Waals surface area (Å²) in [7, 11) is 2.09. The van der Waals surface area contributed by atoms with E-state index in [2.05, 4.69) is 29.1 Å². The minimum Gasteiger partial charge on any atom is -0.388 e. The molecule has 1 unspecified atom stereocenters. The maximum absolute atomic E-state index is 7.61. The first kappa shape index (κ1) is 15.2. The third-order valence-electron chi connectivity index (χ3n) is 3.63. The molecule has 0 radical (unpaired) electrons. The van der Waals surface area contributed by atoms with Gasteiger partial charge >= 0.3 is 0 Å². The van der Waals surface area contributed by atoms with Gasteiger partial charge in [0.15, 0.2) is 0 Å². The van der Waals surface area contributed by atoms with Crippen molar-refractivity contribution in [2.24, 2.45) is 5.73 Å². The van der Waals surface area contributed by atoms with Crippen molar-refractivity contribution in [3.8, 4) is 0 Å². The van der Waals surface area contributed by atoms with Crippen molar-refractivity contribution >= 4 is 5.84 Å². The van der Waals surface area contributed by atoms with Gasteiger partial charge in [0.25, 0.3) is 0 Å². The molecule has 1 aromatic heterocycles.